The van der Waals surface area contributed by atoms with Gasteiger partial charge in [0.2, 0.25) is 9.84 Å². The lowest BCUT2D eigenvalue weighted by molar-refractivity contribution is 0.234. The Hall–Kier alpha value is -3.19. The Kier molecular flexibility index (Phi) is 5.51. The van der Waals surface area contributed by atoms with Gasteiger partial charge in [-0.3, -0.25) is 10.9 Å². The number of anilines is 2. The van der Waals surface area contributed by atoms with Crippen LogP contribution in [0.25, 0.3) is 0 Å². The molecule has 0 fully saturated rings. The van der Waals surface area contributed by atoms with E-state index in [4.69, 9.17) is 5.26 Å². The molecule has 7 nitrogen and oxygen atoms in total. The average Bonchev–Trinajstić information content (AvgIpc) is 2.60. The van der Waals surface area contributed by atoms with Crippen molar-refractivity contribution in [3.63, 3.8) is 0 Å². The summed E-state index contributed by atoms with van der Waals surface area (Å²) >= 11 is 0. The van der Waals surface area contributed by atoms with Crippen molar-refractivity contribution in [3.8, 4) is 6.07 Å². The summed E-state index contributed by atoms with van der Waals surface area (Å²) in [6.07, 6.45) is 0. The highest BCUT2D eigenvalue weighted by Gasteiger charge is 2.26. The number of amides is 2. The highest BCUT2D eigenvalue weighted by Crippen LogP contribution is 2.20. The molecule has 2 aromatic rings. The van der Waals surface area contributed by atoms with Crippen molar-refractivity contribution < 1.29 is 22.0 Å². The van der Waals surface area contributed by atoms with E-state index in [2.05, 4.69) is 16.2 Å². The Morgan fingerprint density at radius 1 is 1.08 bits per heavy atom. The molecule has 0 heterocycles. The molecule has 2 amide bonds. The van der Waals surface area contributed by atoms with E-state index in [9.17, 15) is 22.0 Å². The molecule has 0 saturated heterocycles. The van der Waals surface area contributed by atoms with E-state index in [-0.39, 0.29) is 5.69 Å². The summed E-state index contributed by atoms with van der Waals surface area (Å²) in [7, 11) is -4.66. The molecule has 0 atom stereocenters. The van der Waals surface area contributed by atoms with Crippen molar-refractivity contribution in [3.05, 3.63) is 54.1 Å². The Labute approximate surface area is 142 Å². The van der Waals surface area contributed by atoms with Crippen LogP contribution in [0.1, 0.15) is 5.56 Å². The van der Waals surface area contributed by atoms with Crippen molar-refractivity contribution in [2.75, 3.05) is 10.7 Å². The summed E-state index contributed by atoms with van der Waals surface area (Å²) in [4.78, 5) is 11.2. The van der Waals surface area contributed by atoms with Crippen LogP contribution in [0.2, 0.25) is 0 Å². The minimum absolute atomic E-state index is 0.286. The van der Waals surface area contributed by atoms with Crippen molar-refractivity contribution in [1.82, 2.24) is 5.43 Å². The standard InChI is InChI=1S/C15H12F2N4O3S/c16-14(17)25(23,24)13-6-4-11(5-7-13)20-21-15(22)19-12-3-1-2-10(8-12)9-18/h1-8,14,20H,(H2,19,21,22). The number of nitrogens with zero attached hydrogens (tertiary/aromatic N) is 1. The molecular formula is C15H12F2N4O3S. The van der Waals surface area contributed by atoms with Gasteiger partial charge in [0.05, 0.1) is 22.2 Å². The third-order valence-corrected chi connectivity index (χ3v) is 4.39. The number of benzene rings is 2. The number of nitrogens with one attached hydrogen (secondary N) is 3. The van der Waals surface area contributed by atoms with Gasteiger partial charge in [-0.25, -0.2) is 13.2 Å². The summed E-state index contributed by atoms with van der Waals surface area (Å²) in [5.41, 5.74) is 5.84. The number of urea groups is 1. The molecule has 0 aliphatic heterocycles. The number of alkyl halides is 2. The van der Waals surface area contributed by atoms with Crippen molar-refractivity contribution >= 4 is 27.2 Å². The van der Waals surface area contributed by atoms with Gasteiger partial charge in [-0.05, 0) is 42.5 Å². The first-order chi connectivity index (χ1) is 11.8. The second kappa shape index (κ2) is 7.59. The van der Waals surface area contributed by atoms with Crippen LogP contribution in [0.15, 0.2) is 53.4 Å². The van der Waals surface area contributed by atoms with Gasteiger partial charge >= 0.3 is 11.8 Å². The Balaban J connectivity index is 1.95. The number of hydrazine groups is 1. The van der Waals surface area contributed by atoms with E-state index in [1.54, 1.807) is 18.2 Å². The molecule has 0 aliphatic carbocycles. The Bertz CT molecular complexity index is 909. The molecule has 2 rings (SSSR count). The quantitative estimate of drug-likeness (QED) is 0.705. The molecule has 0 bridgehead atoms. The molecule has 10 heteroatoms. The number of hydrogen-bond acceptors (Lipinski definition) is 5. The molecule has 0 spiro atoms. The van der Waals surface area contributed by atoms with Gasteiger partial charge in [-0.1, -0.05) is 6.07 Å². The normalized spacial score (nSPS) is 10.8. The van der Waals surface area contributed by atoms with Crippen LogP contribution in [0.5, 0.6) is 0 Å². The first-order valence-corrected chi connectivity index (χ1v) is 8.33. The van der Waals surface area contributed by atoms with Crippen LogP contribution in [0.4, 0.5) is 25.0 Å². The number of carbonyl (C=O) groups is 1. The largest absolute Gasteiger partial charge is 0.341 e. The molecule has 0 aliphatic rings. The van der Waals surface area contributed by atoms with E-state index < -0.39 is 26.5 Å². The fraction of sp³-hybridized carbons (Fsp3) is 0.0667. The minimum Gasteiger partial charge on any atom is -0.307 e. The lowest BCUT2D eigenvalue weighted by Crippen LogP contribution is -2.33. The number of halogens is 2. The Morgan fingerprint density at radius 2 is 1.76 bits per heavy atom. The maximum atomic E-state index is 12.4. The van der Waals surface area contributed by atoms with Gasteiger partial charge in [0.25, 0.3) is 0 Å². The highest BCUT2D eigenvalue weighted by molar-refractivity contribution is 7.91. The zero-order chi connectivity index (χ0) is 18.4. The molecule has 3 N–H and O–H groups in total. The molecule has 130 valence electrons. The number of rotatable bonds is 5. The third kappa shape index (κ3) is 4.65. The lowest BCUT2D eigenvalue weighted by atomic mass is 10.2. The molecule has 25 heavy (non-hydrogen) atoms. The predicted molar refractivity (Wildman–Crippen MR) is 86.6 cm³/mol. The fourth-order valence-electron chi connectivity index (χ4n) is 1.79. The minimum atomic E-state index is -4.66. The second-order valence-electron chi connectivity index (χ2n) is 4.73. The second-order valence-corrected chi connectivity index (χ2v) is 6.64. The molecule has 2 aromatic carbocycles. The zero-order valence-corrected chi connectivity index (χ0v) is 13.3. The summed E-state index contributed by atoms with van der Waals surface area (Å²) in [6.45, 7) is 0. The Morgan fingerprint density at radius 3 is 2.36 bits per heavy atom. The zero-order valence-electron chi connectivity index (χ0n) is 12.5. The maximum Gasteiger partial charge on any atom is 0.341 e. The summed E-state index contributed by atoms with van der Waals surface area (Å²) in [5, 5.41) is 11.3. The van der Waals surface area contributed by atoms with Crippen molar-refractivity contribution in [1.29, 1.82) is 5.26 Å². The van der Waals surface area contributed by atoms with Gasteiger partial charge in [-0.2, -0.15) is 14.0 Å². The molecule has 0 aromatic heterocycles. The van der Waals surface area contributed by atoms with Gasteiger partial charge in [0.1, 0.15) is 0 Å². The maximum absolute atomic E-state index is 12.4. The van der Waals surface area contributed by atoms with Crippen LogP contribution in [0.3, 0.4) is 0 Å². The SMILES string of the molecule is N#Cc1cccc(NC(=O)NNc2ccc(S(=O)(=O)C(F)F)cc2)c1. The molecule has 0 radical (unpaired) electrons. The van der Waals surface area contributed by atoms with E-state index in [1.165, 1.54) is 18.2 Å². The van der Waals surface area contributed by atoms with E-state index in [0.29, 0.717) is 11.3 Å². The molecular weight excluding hydrogens is 354 g/mol. The summed E-state index contributed by atoms with van der Waals surface area (Å²) < 4.78 is 47.4. The van der Waals surface area contributed by atoms with Gasteiger partial charge < -0.3 is 5.32 Å². The van der Waals surface area contributed by atoms with Crippen molar-refractivity contribution in [2.24, 2.45) is 0 Å². The molecule has 0 unspecified atom stereocenters. The number of carbonyl (C=O) groups excluding carboxylic acids is 1. The first-order valence-electron chi connectivity index (χ1n) is 6.78. The van der Waals surface area contributed by atoms with Crippen LogP contribution < -0.4 is 16.2 Å². The van der Waals surface area contributed by atoms with Crippen molar-refractivity contribution in [2.45, 2.75) is 10.7 Å². The van der Waals surface area contributed by atoms with Crippen LogP contribution >= 0.6 is 0 Å². The van der Waals surface area contributed by atoms with Crippen LogP contribution in [-0.2, 0) is 9.84 Å². The van der Waals surface area contributed by atoms with E-state index >= 15 is 0 Å². The van der Waals surface area contributed by atoms with E-state index in [0.717, 1.165) is 12.1 Å². The summed E-state index contributed by atoms with van der Waals surface area (Å²) in [5.74, 6) is -3.50. The van der Waals surface area contributed by atoms with Gasteiger partial charge in [-0.15, -0.1) is 0 Å². The highest BCUT2D eigenvalue weighted by atomic mass is 32.2. The summed E-state index contributed by atoms with van der Waals surface area (Å²) in [6, 6.07) is 12.0. The van der Waals surface area contributed by atoms with E-state index in [1.807, 2.05) is 6.07 Å². The van der Waals surface area contributed by atoms with Crippen LogP contribution in [0, 0.1) is 11.3 Å². The fourth-order valence-corrected chi connectivity index (χ4v) is 2.51. The van der Waals surface area contributed by atoms with Gasteiger partial charge in [0.15, 0.2) is 0 Å². The smallest absolute Gasteiger partial charge is 0.307 e. The first kappa shape index (κ1) is 18.2. The number of hydrogen-bond donors (Lipinski definition) is 3. The predicted octanol–water partition coefficient (Wildman–Crippen LogP) is 2.70. The molecule has 0 saturated carbocycles. The lowest BCUT2D eigenvalue weighted by Gasteiger charge is -2.10. The van der Waals surface area contributed by atoms with Crippen LogP contribution in [-0.4, -0.2) is 20.2 Å². The van der Waals surface area contributed by atoms with Gasteiger partial charge in [0, 0.05) is 5.69 Å². The third-order valence-electron chi connectivity index (χ3n) is 2.99. The monoisotopic (exact) mass is 366 g/mol. The number of sulfone groups is 1. The average molecular weight is 366 g/mol. The topological polar surface area (TPSA) is 111 Å². The number of nitriles is 1.